The number of rotatable bonds is 7. The second-order valence-electron chi connectivity index (χ2n) is 7.93. The number of carbonyl (C=O) groups excluding carboxylic acids is 1. The minimum absolute atomic E-state index is 0.00636. The number of ether oxygens (including phenoxy) is 2. The number of H-pyrrole nitrogens is 1. The van der Waals surface area contributed by atoms with Crippen LogP contribution in [-0.2, 0) is 12.8 Å². The van der Waals surface area contributed by atoms with Gasteiger partial charge in [-0.05, 0) is 48.9 Å². The molecule has 1 aliphatic heterocycles. The summed E-state index contributed by atoms with van der Waals surface area (Å²) in [5.41, 5.74) is 4.42. The number of aromatic amines is 1. The van der Waals surface area contributed by atoms with Crippen molar-refractivity contribution in [3.63, 3.8) is 0 Å². The Labute approximate surface area is 183 Å². The maximum absolute atomic E-state index is 13.1. The Morgan fingerprint density at radius 1 is 1.06 bits per heavy atom. The fourth-order valence-electron chi connectivity index (χ4n) is 4.31. The normalized spacial score (nSPS) is 14.5. The highest BCUT2D eigenvalue weighted by Gasteiger charge is 2.28. The van der Waals surface area contributed by atoms with Gasteiger partial charge in [-0.3, -0.25) is 9.89 Å². The van der Waals surface area contributed by atoms with Gasteiger partial charge in [0.1, 0.15) is 11.5 Å². The SMILES string of the molecule is COc1ccc(C(=O)N2CCC(c3[nH]ncc3CCc3ccccc3)CC2)c(OC)c1. The largest absolute Gasteiger partial charge is 0.497 e. The monoisotopic (exact) mass is 419 g/mol. The van der Waals surface area contributed by atoms with Crippen molar-refractivity contribution in [2.24, 2.45) is 0 Å². The second kappa shape index (κ2) is 9.69. The molecule has 1 saturated heterocycles. The van der Waals surface area contributed by atoms with Gasteiger partial charge in [-0.15, -0.1) is 0 Å². The van der Waals surface area contributed by atoms with Gasteiger partial charge in [0.25, 0.3) is 5.91 Å². The predicted octanol–water partition coefficient (Wildman–Crippen LogP) is 4.23. The molecule has 0 unspecified atom stereocenters. The average molecular weight is 420 g/mol. The summed E-state index contributed by atoms with van der Waals surface area (Å²) >= 11 is 0. The molecule has 0 radical (unpaired) electrons. The van der Waals surface area contributed by atoms with Gasteiger partial charge < -0.3 is 14.4 Å². The quantitative estimate of drug-likeness (QED) is 0.622. The van der Waals surface area contributed by atoms with Crippen molar-refractivity contribution in [1.82, 2.24) is 15.1 Å². The zero-order chi connectivity index (χ0) is 21.6. The molecule has 3 aromatic rings. The number of nitrogens with zero attached hydrogens (tertiary/aromatic N) is 2. The Hall–Kier alpha value is -3.28. The number of carbonyl (C=O) groups is 1. The first-order valence-corrected chi connectivity index (χ1v) is 10.8. The number of aryl methyl sites for hydroxylation is 2. The van der Waals surface area contributed by atoms with Crippen LogP contribution in [0.5, 0.6) is 11.5 Å². The van der Waals surface area contributed by atoms with Gasteiger partial charge in [0.2, 0.25) is 0 Å². The van der Waals surface area contributed by atoms with E-state index in [1.54, 1.807) is 32.4 Å². The fraction of sp³-hybridized carbons (Fsp3) is 0.360. The molecular formula is C25H29N3O3. The van der Waals surface area contributed by atoms with Crippen LogP contribution in [0.4, 0.5) is 0 Å². The lowest BCUT2D eigenvalue weighted by molar-refractivity contribution is 0.0708. The van der Waals surface area contributed by atoms with Gasteiger partial charge in [0.05, 0.1) is 26.0 Å². The van der Waals surface area contributed by atoms with Crippen molar-refractivity contribution < 1.29 is 14.3 Å². The maximum Gasteiger partial charge on any atom is 0.257 e. The number of benzene rings is 2. The molecule has 0 atom stereocenters. The number of aromatic nitrogens is 2. The maximum atomic E-state index is 13.1. The number of likely N-dealkylation sites (tertiary alicyclic amines) is 1. The highest BCUT2D eigenvalue weighted by atomic mass is 16.5. The van der Waals surface area contributed by atoms with Crippen LogP contribution >= 0.6 is 0 Å². The van der Waals surface area contributed by atoms with E-state index in [9.17, 15) is 4.79 Å². The molecule has 162 valence electrons. The molecule has 4 rings (SSSR count). The van der Waals surface area contributed by atoms with E-state index >= 15 is 0 Å². The predicted molar refractivity (Wildman–Crippen MR) is 120 cm³/mol. The topological polar surface area (TPSA) is 67.5 Å². The van der Waals surface area contributed by atoms with Crippen molar-refractivity contribution in [3.05, 3.63) is 77.1 Å². The zero-order valence-electron chi connectivity index (χ0n) is 18.1. The lowest BCUT2D eigenvalue weighted by Crippen LogP contribution is -2.38. The van der Waals surface area contributed by atoms with E-state index in [1.165, 1.54) is 16.8 Å². The average Bonchev–Trinajstić information content (AvgIpc) is 3.31. The Bertz CT molecular complexity index is 1010. The number of hydrogen-bond donors (Lipinski definition) is 1. The molecule has 0 aliphatic carbocycles. The molecule has 31 heavy (non-hydrogen) atoms. The summed E-state index contributed by atoms with van der Waals surface area (Å²) in [4.78, 5) is 15.0. The van der Waals surface area contributed by atoms with Gasteiger partial charge >= 0.3 is 0 Å². The summed E-state index contributed by atoms with van der Waals surface area (Å²) in [5, 5.41) is 7.55. The summed E-state index contributed by atoms with van der Waals surface area (Å²) in [6.45, 7) is 1.44. The Morgan fingerprint density at radius 3 is 2.55 bits per heavy atom. The molecule has 2 heterocycles. The smallest absolute Gasteiger partial charge is 0.257 e. The first-order chi connectivity index (χ1) is 15.2. The molecule has 2 aromatic carbocycles. The number of piperidine rings is 1. The molecule has 0 bridgehead atoms. The highest BCUT2D eigenvalue weighted by Crippen LogP contribution is 2.32. The van der Waals surface area contributed by atoms with Crippen molar-refractivity contribution >= 4 is 5.91 Å². The number of amides is 1. The van der Waals surface area contributed by atoms with Crippen LogP contribution in [-0.4, -0.2) is 48.3 Å². The molecule has 1 aromatic heterocycles. The Morgan fingerprint density at radius 2 is 1.84 bits per heavy atom. The molecule has 0 saturated carbocycles. The standard InChI is InChI=1S/C25H29N3O3/c1-30-21-10-11-22(23(16-21)31-2)25(29)28-14-12-19(13-15-28)24-20(17-26-27-24)9-8-18-6-4-3-5-7-18/h3-7,10-11,16-17,19H,8-9,12-15H2,1-2H3,(H,26,27). The Kier molecular flexibility index (Phi) is 6.55. The van der Waals surface area contributed by atoms with Gasteiger partial charge in [0, 0.05) is 30.8 Å². The van der Waals surface area contributed by atoms with E-state index < -0.39 is 0 Å². The minimum atomic E-state index is 0.00636. The molecule has 1 fully saturated rings. The molecule has 1 amide bonds. The van der Waals surface area contributed by atoms with Crippen LogP contribution in [0.3, 0.4) is 0 Å². The van der Waals surface area contributed by atoms with E-state index in [4.69, 9.17) is 9.47 Å². The summed E-state index contributed by atoms with van der Waals surface area (Å²) in [5.74, 6) is 1.62. The van der Waals surface area contributed by atoms with Crippen LogP contribution in [0.15, 0.2) is 54.7 Å². The molecule has 0 spiro atoms. The van der Waals surface area contributed by atoms with Crippen LogP contribution in [0, 0.1) is 0 Å². The summed E-state index contributed by atoms with van der Waals surface area (Å²) in [7, 11) is 3.18. The molecule has 6 heteroatoms. The van der Waals surface area contributed by atoms with Crippen LogP contribution in [0.1, 0.15) is 45.9 Å². The van der Waals surface area contributed by atoms with Gasteiger partial charge in [0.15, 0.2) is 0 Å². The lowest BCUT2D eigenvalue weighted by Gasteiger charge is -2.32. The van der Waals surface area contributed by atoms with Crippen LogP contribution in [0.2, 0.25) is 0 Å². The summed E-state index contributed by atoms with van der Waals surface area (Å²) in [6, 6.07) is 15.9. The lowest BCUT2D eigenvalue weighted by atomic mass is 9.89. The summed E-state index contributed by atoms with van der Waals surface area (Å²) < 4.78 is 10.7. The first-order valence-electron chi connectivity index (χ1n) is 10.8. The van der Waals surface area contributed by atoms with Crippen molar-refractivity contribution in [1.29, 1.82) is 0 Å². The zero-order valence-corrected chi connectivity index (χ0v) is 18.1. The summed E-state index contributed by atoms with van der Waals surface area (Å²) in [6.07, 6.45) is 5.77. The van der Waals surface area contributed by atoms with Gasteiger partial charge in [-0.2, -0.15) is 5.10 Å². The van der Waals surface area contributed by atoms with E-state index in [0.29, 0.717) is 23.0 Å². The van der Waals surface area contributed by atoms with E-state index in [-0.39, 0.29) is 5.91 Å². The third kappa shape index (κ3) is 4.74. The van der Waals surface area contributed by atoms with E-state index in [1.807, 2.05) is 17.2 Å². The van der Waals surface area contributed by atoms with Crippen molar-refractivity contribution in [2.45, 2.75) is 31.6 Å². The van der Waals surface area contributed by atoms with E-state index in [2.05, 4.69) is 34.5 Å². The van der Waals surface area contributed by atoms with Crippen LogP contribution < -0.4 is 9.47 Å². The molecule has 1 aliphatic rings. The minimum Gasteiger partial charge on any atom is -0.497 e. The fourth-order valence-corrected chi connectivity index (χ4v) is 4.31. The second-order valence-corrected chi connectivity index (χ2v) is 7.93. The third-order valence-electron chi connectivity index (χ3n) is 6.11. The number of methoxy groups -OCH3 is 2. The molecule has 6 nitrogen and oxygen atoms in total. The first kappa shape index (κ1) is 21.0. The van der Waals surface area contributed by atoms with Crippen LogP contribution in [0.25, 0.3) is 0 Å². The molecular weight excluding hydrogens is 390 g/mol. The van der Waals surface area contributed by atoms with E-state index in [0.717, 1.165) is 38.8 Å². The van der Waals surface area contributed by atoms with Crippen molar-refractivity contribution in [3.8, 4) is 11.5 Å². The number of nitrogens with one attached hydrogen (secondary N) is 1. The van der Waals surface area contributed by atoms with Gasteiger partial charge in [-0.1, -0.05) is 30.3 Å². The third-order valence-corrected chi connectivity index (χ3v) is 6.11. The number of hydrogen-bond acceptors (Lipinski definition) is 4. The Balaban J connectivity index is 1.38. The van der Waals surface area contributed by atoms with Crippen molar-refractivity contribution in [2.75, 3.05) is 27.3 Å². The molecule has 1 N–H and O–H groups in total. The van der Waals surface area contributed by atoms with Gasteiger partial charge in [-0.25, -0.2) is 0 Å². The highest BCUT2D eigenvalue weighted by molar-refractivity contribution is 5.97.